The lowest BCUT2D eigenvalue weighted by Crippen LogP contribution is -2.51. The topological polar surface area (TPSA) is 76.1 Å². The molecule has 128 valence electrons. The van der Waals surface area contributed by atoms with Crippen molar-refractivity contribution in [3.63, 3.8) is 0 Å². The second-order valence-corrected chi connectivity index (χ2v) is 7.13. The SMILES string of the molecule is COC1(C(=O)Nc2nnc(Cc3ccc(C)cc3)s2)CCNCC1. The highest BCUT2D eigenvalue weighted by Gasteiger charge is 2.40. The zero-order valence-corrected chi connectivity index (χ0v) is 14.8. The number of anilines is 1. The van der Waals surface area contributed by atoms with Crippen LogP contribution in [0.1, 0.15) is 29.0 Å². The van der Waals surface area contributed by atoms with E-state index in [1.165, 1.54) is 22.5 Å². The number of methoxy groups -OCH3 is 1. The second kappa shape index (κ2) is 7.38. The number of aromatic nitrogens is 2. The number of benzene rings is 1. The summed E-state index contributed by atoms with van der Waals surface area (Å²) >= 11 is 1.41. The first-order valence-corrected chi connectivity index (χ1v) is 8.88. The largest absolute Gasteiger partial charge is 0.368 e. The van der Waals surface area contributed by atoms with Crippen LogP contribution in [0.3, 0.4) is 0 Å². The normalized spacial score (nSPS) is 16.8. The van der Waals surface area contributed by atoms with Crippen LogP contribution in [-0.4, -0.2) is 41.9 Å². The molecule has 0 bridgehead atoms. The molecular formula is C17H22N4O2S. The maximum Gasteiger partial charge on any atom is 0.258 e. The third kappa shape index (κ3) is 3.80. The molecule has 2 aromatic rings. The fourth-order valence-corrected chi connectivity index (χ4v) is 3.59. The number of nitrogens with one attached hydrogen (secondary N) is 2. The first kappa shape index (κ1) is 17.0. The van der Waals surface area contributed by atoms with Crippen LogP contribution in [0.5, 0.6) is 0 Å². The number of aryl methyl sites for hydroxylation is 1. The zero-order valence-electron chi connectivity index (χ0n) is 14.0. The standard InChI is InChI=1S/C17H22N4O2S/c1-12-3-5-13(6-4-12)11-14-20-21-16(24-14)19-15(22)17(23-2)7-9-18-10-8-17/h3-6,18H,7-11H2,1-2H3,(H,19,21,22). The predicted octanol–water partition coefficient (Wildman–Crippen LogP) is 2.14. The Morgan fingerprint density at radius 1 is 1.29 bits per heavy atom. The first-order valence-electron chi connectivity index (χ1n) is 8.06. The molecule has 0 unspecified atom stereocenters. The number of carbonyl (C=O) groups excluding carboxylic acids is 1. The van der Waals surface area contributed by atoms with Crippen LogP contribution >= 0.6 is 11.3 Å². The Bertz CT molecular complexity index is 693. The molecule has 3 rings (SSSR count). The van der Waals surface area contributed by atoms with E-state index < -0.39 is 5.60 Å². The van der Waals surface area contributed by atoms with Gasteiger partial charge in [0.05, 0.1) is 0 Å². The molecule has 1 fully saturated rings. The number of carbonyl (C=O) groups is 1. The first-order chi connectivity index (χ1) is 11.6. The maximum atomic E-state index is 12.6. The molecule has 1 amide bonds. The average Bonchev–Trinajstić information content (AvgIpc) is 3.04. The Kier molecular flexibility index (Phi) is 5.23. The smallest absolute Gasteiger partial charge is 0.258 e. The van der Waals surface area contributed by atoms with Crippen molar-refractivity contribution in [2.24, 2.45) is 0 Å². The summed E-state index contributed by atoms with van der Waals surface area (Å²) in [7, 11) is 1.59. The summed E-state index contributed by atoms with van der Waals surface area (Å²) in [5, 5.41) is 15.8. The van der Waals surface area contributed by atoms with Gasteiger partial charge in [0.1, 0.15) is 10.6 Å². The van der Waals surface area contributed by atoms with Gasteiger partial charge in [0, 0.05) is 13.5 Å². The Balaban J connectivity index is 1.65. The lowest BCUT2D eigenvalue weighted by molar-refractivity contribution is -0.140. The molecule has 0 saturated carbocycles. The second-order valence-electron chi connectivity index (χ2n) is 6.07. The zero-order chi connectivity index (χ0) is 17.0. The number of rotatable bonds is 5. The molecule has 1 aliphatic rings. The minimum Gasteiger partial charge on any atom is -0.368 e. The highest BCUT2D eigenvalue weighted by Crippen LogP contribution is 2.26. The van der Waals surface area contributed by atoms with Crippen molar-refractivity contribution in [2.45, 2.75) is 31.8 Å². The van der Waals surface area contributed by atoms with E-state index in [1.807, 2.05) is 0 Å². The summed E-state index contributed by atoms with van der Waals surface area (Å²) in [5.41, 5.74) is 1.64. The number of ether oxygens (including phenoxy) is 1. The van der Waals surface area contributed by atoms with E-state index in [4.69, 9.17) is 4.74 Å². The molecule has 1 saturated heterocycles. The lowest BCUT2D eigenvalue weighted by atomic mass is 9.91. The van der Waals surface area contributed by atoms with Crippen LogP contribution in [0.15, 0.2) is 24.3 Å². The third-order valence-electron chi connectivity index (χ3n) is 4.38. The van der Waals surface area contributed by atoms with E-state index >= 15 is 0 Å². The minimum absolute atomic E-state index is 0.135. The molecule has 6 nitrogen and oxygen atoms in total. The Labute approximate surface area is 145 Å². The van der Waals surface area contributed by atoms with Crippen LogP contribution in [0.2, 0.25) is 0 Å². The van der Waals surface area contributed by atoms with Gasteiger partial charge < -0.3 is 10.1 Å². The minimum atomic E-state index is -0.770. The van der Waals surface area contributed by atoms with Gasteiger partial charge in [-0.2, -0.15) is 0 Å². The van der Waals surface area contributed by atoms with Gasteiger partial charge in [-0.3, -0.25) is 10.1 Å². The number of hydrogen-bond donors (Lipinski definition) is 2. The van der Waals surface area contributed by atoms with E-state index in [-0.39, 0.29) is 5.91 Å². The molecule has 1 aliphatic heterocycles. The van der Waals surface area contributed by atoms with Crippen LogP contribution < -0.4 is 10.6 Å². The van der Waals surface area contributed by atoms with E-state index in [2.05, 4.69) is 52.0 Å². The van der Waals surface area contributed by atoms with Gasteiger partial charge in [-0.1, -0.05) is 41.2 Å². The van der Waals surface area contributed by atoms with Gasteiger partial charge in [-0.05, 0) is 38.4 Å². The Hall–Kier alpha value is -1.83. The number of hydrogen-bond acceptors (Lipinski definition) is 6. The van der Waals surface area contributed by atoms with Crippen molar-refractivity contribution in [1.82, 2.24) is 15.5 Å². The highest BCUT2D eigenvalue weighted by molar-refractivity contribution is 7.15. The van der Waals surface area contributed by atoms with Crippen molar-refractivity contribution in [2.75, 3.05) is 25.5 Å². The summed E-state index contributed by atoms with van der Waals surface area (Å²) < 4.78 is 5.53. The van der Waals surface area contributed by atoms with Crippen LogP contribution in [0.4, 0.5) is 5.13 Å². The van der Waals surface area contributed by atoms with Crippen LogP contribution in [0, 0.1) is 6.92 Å². The van der Waals surface area contributed by atoms with Gasteiger partial charge in [0.15, 0.2) is 0 Å². The lowest BCUT2D eigenvalue weighted by Gasteiger charge is -2.34. The quantitative estimate of drug-likeness (QED) is 0.867. The summed E-state index contributed by atoms with van der Waals surface area (Å²) in [6.45, 7) is 3.61. The number of amides is 1. The summed E-state index contributed by atoms with van der Waals surface area (Å²) in [6, 6.07) is 8.34. The molecule has 1 aromatic heterocycles. The molecule has 7 heteroatoms. The molecule has 2 heterocycles. The monoisotopic (exact) mass is 346 g/mol. The third-order valence-corrected chi connectivity index (χ3v) is 5.22. The van der Waals surface area contributed by atoms with Crippen molar-refractivity contribution in [1.29, 1.82) is 0 Å². The van der Waals surface area contributed by atoms with E-state index in [0.717, 1.165) is 18.1 Å². The van der Waals surface area contributed by atoms with Crippen molar-refractivity contribution in [3.05, 3.63) is 40.4 Å². The van der Waals surface area contributed by atoms with Gasteiger partial charge >= 0.3 is 0 Å². The molecule has 1 aromatic carbocycles. The fourth-order valence-electron chi connectivity index (χ4n) is 2.82. The van der Waals surface area contributed by atoms with Crippen molar-refractivity contribution >= 4 is 22.4 Å². The summed E-state index contributed by atoms with van der Waals surface area (Å²) in [5.74, 6) is -0.135. The van der Waals surface area contributed by atoms with Gasteiger partial charge in [-0.15, -0.1) is 10.2 Å². The molecule has 0 spiro atoms. The Morgan fingerprint density at radius 3 is 2.67 bits per heavy atom. The summed E-state index contributed by atoms with van der Waals surface area (Å²) in [4.78, 5) is 12.6. The van der Waals surface area contributed by atoms with Crippen molar-refractivity contribution < 1.29 is 9.53 Å². The molecule has 0 atom stereocenters. The van der Waals surface area contributed by atoms with Gasteiger partial charge in [0.2, 0.25) is 5.13 Å². The molecule has 24 heavy (non-hydrogen) atoms. The van der Waals surface area contributed by atoms with E-state index in [9.17, 15) is 4.79 Å². The molecule has 2 N–H and O–H groups in total. The number of piperidine rings is 1. The van der Waals surface area contributed by atoms with E-state index in [1.54, 1.807) is 7.11 Å². The average molecular weight is 346 g/mol. The van der Waals surface area contributed by atoms with Crippen LogP contribution in [-0.2, 0) is 16.0 Å². The predicted molar refractivity (Wildman–Crippen MR) is 94.4 cm³/mol. The molecule has 0 aliphatic carbocycles. The number of nitrogens with zero attached hydrogens (tertiary/aromatic N) is 2. The maximum absolute atomic E-state index is 12.6. The van der Waals surface area contributed by atoms with Gasteiger partial charge in [0.25, 0.3) is 5.91 Å². The van der Waals surface area contributed by atoms with E-state index in [0.29, 0.717) is 24.4 Å². The van der Waals surface area contributed by atoms with Crippen LogP contribution in [0.25, 0.3) is 0 Å². The van der Waals surface area contributed by atoms with Crippen molar-refractivity contribution in [3.8, 4) is 0 Å². The molecular weight excluding hydrogens is 324 g/mol. The Morgan fingerprint density at radius 2 is 2.00 bits per heavy atom. The van der Waals surface area contributed by atoms with Gasteiger partial charge in [-0.25, -0.2) is 0 Å². The molecule has 0 radical (unpaired) electrons. The summed E-state index contributed by atoms with van der Waals surface area (Å²) in [6.07, 6.45) is 2.03. The highest BCUT2D eigenvalue weighted by atomic mass is 32.1. The fraction of sp³-hybridized carbons (Fsp3) is 0.471.